The summed E-state index contributed by atoms with van der Waals surface area (Å²) in [6.45, 7) is 1.93. The lowest BCUT2D eigenvalue weighted by Crippen LogP contribution is -2.55. The Bertz CT molecular complexity index is 686. The molecule has 24 heavy (non-hydrogen) atoms. The molecule has 1 aliphatic carbocycles. The largest absolute Gasteiger partial charge is 0.374 e. The Balaban J connectivity index is 1.37. The lowest BCUT2D eigenvalue weighted by atomic mass is 9.64. The zero-order chi connectivity index (χ0) is 16.5. The number of fused-ring (bicyclic) bond motifs is 3. The number of nitrogens with zero attached hydrogens (tertiary/aromatic N) is 1. The van der Waals surface area contributed by atoms with E-state index in [2.05, 4.69) is 22.3 Å². The Labute approximate surface area is 141 Å². The molecule has 1 N–H and O–H groups in total. The van der Waals surface area contributed by atoms with Gasteiger partial charge in [0.15, 0.2) is 6.29 Å². The smallest absolute Gasteiger partial charge is 0.170 e. The van der Waals surface area contributed by atoms with Crippen molar-refractivity contribution in [2.75, 3.05) is 13.2 Å². The molecule has 2 aliphatic heterocycles. The minimum absolute atomic E-state index is 0.0184. The summed E-state index contributed by atoms with van der Waals surface area (Å²) in [5.74, 6) is 0. The third kappa shape index (κ3) is 2.78. The quantitative estimate of drug-likeness (QED) is 0.829. The standard InChI is InChI=1S/C19H22N2O3/c22-11-16-10-17(21-20-16)18-6-8-19(9-7-18,24-13-18)14-23-12-15-4-2-1-3-5-15/h1-5,10-11H,6-9,12-14H2,(H,20,21). The number of benzene rings is 1. The van der Waals surface area contributed by atoms with E-state index < -0.39 is 0 Å². The third-order valence-electron chi connectivity index (χ3n) is 5.54. The van der Waals surface area contributed by atoms with Gasteiger partial charge in [0.2, 0.25) is 0 Å². The average Bonchev–Trinajstić information content (AvgIpc) is 3.14. The molecule has 5 heteroatoms. The van der Waals surface area contributed by atoms with Gasteiger partial charge in [0, 0.05) is 11.1 Å². The summed E-state index contributed by atoms with van der Waals surface area (Å²) in [5, 5.41) is 7.07. The SMILES string of the molecule is O=Cc1cc(C23CCC(COCc4ccccc4)(CC2)OC3)[nH]n1. The van der Waals surface area contributed by atoms with E-state index in [1.54, 1.807) is 0 Å². The molecule has 0 atom stereocenters. The fourth-order valence-corrected chi connectivity index (χ4v) is 3.90. The van der Waals surface area contributed by atoms with Crippen molar-refractivity contribution < 1.29 is 14.3 Å². The maximum Gasteiger partial charge on any atom is 0.170 e. The minimum atomic E-state index is -0.149. The van der Waals surface area contributed by atoms with E-state index in [0.717, 1.165) is 37.7 Å². The van der Waals surface area contributed by atoms with Crippen molar-refractivity contribution in [3.8, 4) is 0 Å². The van der Waals surface area contributed by atoms with Crippen LogP contribution in [0.2, 0.25) is 0 Å². The number of aromatic nitrogens is 2. The van der Waals surface area contributed by atoms with Gasteiger partial charge in [0.25, 0.3) is 0 Å². The lowest BCUT2D eigenvalue weighted by molar-refractivity contribution is -0.186. The fraction of sp³-hybridized carbons (Fsp3) is 0.474. The lowest BCUT2D eigenvalue weighted by Gasteiger charge is -2.52. The summed E-state index contributed by atoms with van der Waals surface area (Å²) < 4.78 is 12.2. The highest BCUT2D eigenvalue weighted by atomic mass is 16.5. The summed E-state index contributed by atoms with van der Waals surface area (Å²) in [6, 6.07) is 12.1. The number of aromatic amines is 1. The van der Waals surface area contributed by atoms with Crippen molar-refractivity contribution in [3.63, 3.8) is 0 Å². The van der Waals surface area contributed by atoms with Crippen molar-refractivity contribution in [3.05, 3.63) is 53.3 Å². The van der Waals surface area contributed by atoms with Crippen molar-refractivity contribution in [2.45, 2.75) is 43.3 Å². The fourth-order valence-electron chi connectivity index (χ4n) is 3.90. The highest BCUT2D eigenvalue weighted by Gasteiger charge is 2.51. The summed E-state index contributed by atoms with van der Waals surface area (Å²) in [6.07, 6.45) is 4.84. The van der Waals surface area contributed by atoms with Gasteiger partial charge in [0.05, 0.1) is 25.4 Å². The number of rotatable bonds is 6. The summed E-state index contributed by atoms with van der Waals surface area (Å²) >= 11 is 0. The number of ether oxygens (including phenoxy) is 2. The molecule has 0 radical (unpaired) electrons. The molecule has 3 aliphatic rings. The number of carbonyl (C=O) groups excluding carboxylic acids is 1. The second kappa shape index (κ2) is 6.15. The van der Waals surface area contributed by atoms with Gasteiger partial charge in [-0.15, -0.1) is 0 Å². The van der Waals surface area contributed by atoms with Gasteiger partial charge < -0.3 is 9.47 Å². The first kappa shape index (κ1) is 15.5. The molecular weight excluding hydrogens is 304 g/mol. The number of aldehydes is 1. The number of hydrogen-bond donors (Lipinski definition) is 1. The molecule has 3 heterocycles. The molecule has 0 amide bonds. The number of hydrogen-bond acceptors (Lipinski definition) is 4. The molecule has 0 spiro atoms. The first-order chi connectivity index (χ1) is 11.7. The van der Waals surface area contributed by atoms with Gasteiger partial charge in [-0.05, 0) is 37.3 Å². The highest BCUT2D eigenvalue weighted by molar-refractivity contribution is 5.71. The van der Waals surface area contributed by atoms with Crippen LogP contribution in [0.25, 0.3) is 0 Å². The van der Waals surface area contributed by atoms with Crippen molar-refractivity contribution in [1.29, 1.82) is 0 Å². The van der Waals surface area contributed by atoms with Crippen LogP contribution in [0.3, 0.4) is 0 Å². The number of nitrogens with one attached hydrogen (secondary N) is 1. The van der Waals surface area contributed by atoms with Crippen molar-refractivity contribution in [2.24, 2.45) is 0 Å². The van der Waals surface area contributed by atoms with Crippen LogP contribution in [0.4, 0.5) is 0 Å². The van der Waals surface area contributed by atoms with E-state index in [9.17, 15) is 4.79 Å². The average molecular weight is 326 g/mol. The molecule has 1 aromatic carbocycles. The van der Waals surface area contributed by atoms with Gasteiger partial charge in [-0.3, -0.25) is 9.89 Å². The molecule has 1 aromatic heterocycles. The zero-order valence-electron chi connectivity index (χ0n) is 13.7. The van der Waals surface area contributed by atoms with Crippen LogP contribution in [0, 0.1) is 0 Å². The van der Waals surface area contributed by atoms with Crippen LogP contribution in [0.15, 0.2) is 36.4 Å². The molecule has 5 nitrogen and oxygen atoms in total. The van der Waals surface area contributed by atoms with E-state index in [-0.39, 0.29) is 11.0 Å². The van der Waals surface area contributed by atoms with Gasteiger partial charge in [0.1, 0.15) is 5.69 Å². The van der Waals surface area contributed by atoms with Crippen LogP contribution in [0.1, 0.15) is 47.4 Å². The topological polar surface area (TPSA) is 64.2 Å². The van der Waals surface area contributed by atoms with Gasteiger partial charge in [-0.1, -0.05) is 30.3 Å². The normalized spacial score (nSPS) is 28.8. The van der Waals surface area contributed by atoms with Gasteiger partial charge >= 0.3 is 0 Å². The Morgan fingerprint density at radius 1 is 1.21 bits per heavy atom. The molecule has 2 saturated heterocycles. The maximum atomic E-state index is 10.9. The maximum absolute atomic E-state index is 10.9. The minimum Gasteiger partial charge on any atom is -0.374 e. The summed E-state index contributed by atoms with van der Waals surface area (Å²) in [4.78, 5) is 10.9. The first-order valence-corrected chi connectivity index (χ1v) is 8.50. The van der Waals surface area contributed by atoms with Crippen LogP contribution in [0.5, 0.6) is 0 Å². The van der Waals surface area contributed by atoms with E-state index >= 15 is 0 Å². The van der Waals surface area contributed by atoms with E-state index in [1.165, 1.54) is 5.56 Å². The molecule has 0 unspecified atom stereocenters. The number of H-pyrrole nitrogens is 1. The molecule has 1 saturated carbocycles. The molecule has 3 fully saturated rings. The first-order valence-electron chi connectivity index (χ1n) is 8.50. The molecule has 2 aromatic rings. The second-order valence-corrected chi connectivity index (χ2v) is 7.05. The highest BCUT2D eigenvalue weighted by Crippen LogP contribution is 2.50. The van der Waals surface area contributed by atoms with Crippen molar-refractivity contribution >= 4 is 6.29 Å². The van der Waals surface area contributed by atoms with E-state index in [4.69, 9.17) is 9.47 Å². The van der Waals surface area contributed by atoms with Crippen LogP contribution >= 0.6 is 0 Å². The number of carbonyl (C=O) groups is 1. The predicted molar refractivity (Wildman–Crippen MR) is 88.9 cm³/mol. The van der Waals surface area contributed by atoms with Gasteiger partial charge in [-0.25, -0.2) is 0 Å². The predicted octanol–water partition coefficient (Wildman–Crippen LogP) is 3.02. The Morgan fingerprint density at radius 3 is 2.62 bits per heavy atom. The molecule has 5 rings (SSSR count). The van der Waals surface area contributed by atoms with E-state index in [0.29, 0.717) is 25.5 Å². The Hall–Kier alpha value is -1.98. The molecule has 2 bridgehead atoms. The Kier molecular flexibility index (Phi) is 3.98. The summed E-state index contributed by atoms with van der Waals surface area (Å²) in [5.41, 5.74) is 2.52. The Morgan fingerprint density at radius 2 is 2.00 bits per heavy atom. The van der Waals surface area contributed by atoms with Crippen LogP contribution in [-0.4, -0.2) is 35.3 Å². The third-order valence-corrected chi connectivity index (χ3v) is 5.54. The zero-order valence-corrected chi connectivity index (χ0v) is 13.7. The van der Waals surface area contributed by atoms with E-state index in [1.807, 2.05) is 24.3 Å². The monoisotopic (exact) mass is 326 g/mol. The second-order valence-electron chi connectivity index (χ2n) is 7.05. The van der Waals surface area contributed by atoms with Crippen LogP contribution < -0.4 is 0 Å². The van der Waals surface area contributed by atoms with Crippen molar-refractivity contribution in [1.82, 2.24) is 10.2 Å². The summed E-state index contributed by atoms with van der Waals surface area (Å²) in [7, 11) is 0. The molecule has 126 valence electrons. The van der Waals surface area contributed by atoms with Gasteiger partial charge in [-0.2, -0.15) is 5.10 Å². The van der Waals surface area contributed by atoms with Crippen LogP contribution in [-0.2, 0) is 21.5 Å². The molecular formula is C19H22N2O3.